The summed E-state index contributed by atoms with van der Waals surface area (Å²) < 4.78 is 1.14. The van der Waals surface area contributed by atoms with Crippen LogP contribution < -0.4 is 0 Å². The van der Waals surface area contributed by atoms with Gasteiger partial charge in [0, 0.05) is 37.3 Å². The van der Waals surface area contributed by atoms with Crippen molar-refractivity contribution >= 4 is 44.8 Å². The number of aromatic nitrogens is 2. The molecule has 0 saturated carbocycles. The van der Waals surface area contributed by atoms with Crippen LogP contribution in [0.1, 0.15) is 16.6 Å². The predicted molar refractivity (Wildman–Crippen MR) is 91.1 cm³/mol. The number of thiophene rings is 1. The van der Waals surface area contributed by atoms with Crippen LogP contribution in [-0.2, 0) is 11.3 Å². The number of carbonyl (C=O) groups excluding carboxylic acids is 1. The number of piperazine rings is 1. The van der Waals surface area contributed by atoms with Gasteiger partial charge in [-0.3, -0.25) is 9.69 Å². The van der Waals surface area contributed by atoms with Gasteiger partial charge in [0.15, 0.2) is 0 Å². The molecule has 3 heterocycles. The SMILES string of the molecule is O=C(CCl)N1CCN(Cc2ccc(Br)s2)C(c2cnc[nH]2)C1. The molecule has 2 aromatic heterocycles. The fourth-order valence-electron chi connectivity index (χ4n) is 2.70. The normalized spacial score (nSPS) is 19.5. The first-order chi connectivity index (χ1) is 10.7. The second-order valence-electron chi connectivity index (χ2n) is 5.17. The number of halogens is 2. The molecular formula is C14H16BrClN4OS. The van der Waals surface area contributed by atoms with E-state index in [0.717, 1.165) is 22.6 Å². The van der Waals surface area contributed by atoms with Gasteiger partial charge in [-0.15, -0.1) is 22.9 Å². The van der Waals surface area contributed by atoms with Gasteiger partial charge in [-0.2, -0.15) is 0 Å². The number of carbonyl (C=O) groups is 1. The molecule has 5 nitrogen and oxygen atoms in total. The van der Waals surface area contributed by atoms with Crippen LogP contribution in [0.3, 0.4) is 0 Å². The summed E-state index contributed by atoms with van der Waals surface area (Å²) in [7, 11) is 0. The number of alkyl halides is 1. The van der Waals surface area contributed by atoms with E-state index >= 15 is 0 Å². The molecule has 1 amide bonds. The molecule has 1 aliphatic rings. The summed E-state index contributed by atoms with van der Waals surface area (Å²) >= 11 is 10.9. The minimum absolute atomic E-state index is 0.00954. The van der Waals surface area contributed by atoms with Gasteiger partial charge in [0.1, 0.15) is 5.88 Å². The van der Waals surface area contributed by atoms with Crippen LogP contribution >= 0.6 is 38.9 Å². The van der Waals surface area contributed by atoms with E-state index in [4.69, 9.17) is 11.6 Å². The first kappa shape index (κ1) is 16.0. The highest BCUT2D eigenvalue weighted by molar-refractivity contribution is 9.11. The smallest absolute Gasteiger partial charge is 0.237 e. The molecule has 2 aromatic rings. The van der Waals surface area contributed by atoms with E-state index < -0.39 is 0 Å². The molecule has 8 heteroatoms. The van der Waals surface area contributed by atoms with Crippen LogP contribution in [0.5, 0.6) is 0 Å². The maximum Gasteiger partial charge on any atom is 0.237 e. The maximum absolute atomic E-state index is 11.9. The van der Waals surface area contributed by atoms with Gasteiger partial charge in [0.2, 0.25) is 5.91 Å². The highest BCUT2D eigenvalue weighted by Gasteiger charge is 2.31. The van der Waals surface area contributed by atoms with Crippen molar-refractivity contribution in [2.45, 2.75) is 12.6 Å². The van der Waals surface area contributed by atoms with Crippen LogP contribution in [0.15, 0.2) is 28.4 Å². The molecule has 1 saturated heterocycles. The summed E-state index contributed by atoms with van der Waals surface area (Å²) in [5, 5.41) is 0. The number of rotatable bonds is 4. The van der Waals surface area contributed by atoms with Crippen LogP contribution in [0.2, 0.25) is 0 Å². The molecule has 0 aromatic carbocycles. The molecule has 1 unspecified atom stereocenters. The number of nitrogens with one attached hydrogen (secondary N) is 1. The highest BCUT2D eigenvalue weighted by atomic mass is 79.9. The second kappa shape index (κ2) is 7.12. The zero-order chi connectivity index (χ0) is 15.5. The molecule has 0 spiro atoms. The Kier molecular flexibility index (Phi) is 5.18. The molecule has 1 atom stereocenters. The summed E-state index contributed by atoms with van der Waals surface area (Å²) in [5.41, 5.74) is 1.03. The quantitative estimate of drug-likeness (QED) is 0.799. The molecule has 1 aliphatic heterocycles. The average Bonchev–Trinajstić information content (AvgIpc) is 3.19. The van der Waals surface area contributed by atoms with Crippen molar-refractivity contribution in [2.24, 2.45) is 0 Å². The van der Waals surface area contributed by atoms with Gasteiger partial charge in [-0.25, -0.2) is 4.98 Å². The van der Waals surface area contributed by atoms with Gasteiger partial charge in [-0.1, -0.05) is 0 Å². The Balaban J connectivity index is 1.78. The highest BCUT2D eigenvalue weighted by Crippen LogP contribution is 2.29. The van der Waals surface area contributed by atoms with Crippen molar-refractivity contribution in [2.75, 3.05) is 25.5 Å². The van der Waals surface area contributed by atoms with Gasteiger partial charge in [-0.05, 0) is 28.1 Å². The lowest BCUT2D eigenvalue weighted by Gasteiger charge is -2.40. The number of hydrogen-bond acceptors (Lipinski definition) is 4. The summed E-state index contributed by atoms with van der Waals surface area (Å²) in [5.74, 6) is 0.0257. The zero-order valence-electron chi connectivity index (χ0n) is 11.8. The Morgan fingerprint density at radius 3 is 3.00 bits per heavy atom. The summed E-state index contributed by atoms with van der Waals surface area (Å²) in [6.07, 6.45) is 3.51. The Morgan fingerprint density at radius 1 is 1.50 bits per heavy atom. The van der Waals surface area contributed by atoms with Crippen molar-refractivity contribution in [3.8, 4) is 0 Å². The molecule has 1 fully saturated rings. The molecular weight excluding hydrogens is 388 g/mol. The number of imidazole rings is 1. The Morgan fingerprint density at radius 2 is 2.36 bits per heavy atom. The van der Waals surface area contributed by atoms with E-state index in [0.29, 0.717) is 13.1 Å². The van der Waals surface area contributed by atoms with Crippen LogP contribution in [0, 0.1) is 0 Å². The Hall–Kier alpha value is -0.890. The number of amides is 1. The third-order valence-corrected chi connectivity index (χ3v) is 5.66. The molecule has 1 N–H and O–H groups in total. The molecule has 22 heavy (non-hydrogen) atoms. The van der Waals surface area contributed by atoms with E-state index in [1.54, 1.807) is 17.7 Å². The van der Waals surface area contributed by atoms with Gasteiger partial charge >= 0.3 is 0 Å². The van der Waals surface area contributed by atoms with Crippen molar-refractivity contribution in [1.82, 2.24) is 19.8 Å². The average molecular weight is 404 g/mol. The van der Waals surface area contributed by atoms with Crippen LogP contribution in [-0.4, -0.2) is 51.2 Å². The summed E-state index contributed by atoms with van der Waals surface area (Å²) in [6, 6.07) is 4.32. The van der Waals surface area contributed by atoms with Gasteiger partial charge in [0.25, 0.3) is 0 Å². The number of H-pyrrole nitrogens is 1. The number of aromatic amines is 1. The minimum atomic E-state index is -0.00954. The summed E-state index contributed by atoms with van der Waals surface area (Å²) in [4.78, 5) is 24.7. The van der Waals surface area contributed by atoms with Crippen molar-refractivity contribution < 1.29 is 4.79 Å². The number of nitrogens with zero attached hydrogens (tertiary/aromatic N) is 3. The van der Waals surface area contributed by atoms with E-state index in [1.165, 1.54) is 4.88 Å². The lowest BCUT2D eigenvalue weighted by atomic mass is 10.1. The van der Waals surface area contributed by atoms with Crippen LogP contribution in [0.25, 0.3) is 0 Å². The van der Waals surface area contributed by atoms with Crippen molar-refractivity contribution in [3.05, 3.63) is 39.0 Å². The molecule has 0 radical (unpaired) electrons. The zero-order valence-corrected chi connectivity index (χ0v) is 15.0. The van der Waals surface area contributed by atoms with E-state index in [-0.39, 0.29) is 17.8 Å². The van der Waals surface area contributed by atoms with Crippen molar-refractivity contribution in [3.63, 3.8) is 0 Å². The van der Waals surface area contributed by atoms with E-state index in [2.05, 4.69) is 42.9 Å². The lowest BCUT2D eigenvalue weighted by Crippen LogP contribution is -2.50. The first-order valence-electron chi connectivity index (χ1n) is 6.97. The monoisotopic (exact) mass is 402 g/mol. The molecule has 3 rings (SSSR count). The molecule has 0 bridgehead atoms. The van der Waals surface area contributed by atoms with E-state index in [1.807, 2.05) is 11.1 Å². The molecule has 118 valence electrons. The predicted octanol–water partition coefficient (Wildman–Crippen LogP) is 2.86. The van der Waals surface area contributed by atoms with Crippen molar-refractivity contribution in [1.29, 1.82) is 0 Å². The fraction of sp³-hybridized carbons (Fsp3) is 0.429. The Labute approximate surface area is 146 Å². The lowest BCUT2D eigenvalue weighted by molar-refractivity contribution is -0.131. The van der Waals surface area contributed by atoms with Crippen LogP contribution in [0.4, 0.5) is 0 Å². The third-order valence-electron chi connectivity index (χ3n) is 3.82. The number of hydrogen-bond donors (Lipinski definition) is 1. The van der Waals surface area contributed by atoms with Gasteiger partial charge < -0.3 is 9.88 Å². The maximum atomic E-state index is 11.9. The topological polar surface area (TPSA) is 52.2 Å². The van der Waals surface area contributed by atoms with E-state index in [9.17, 15) is 4.79 Å². The fourth-order valence-corrected chi connectivity index (χ4v) is 4.38. The second-order valence-corrected chi connectivity index (χ2v) is 7.99. The minimum Gasteiger partial charge on any atom is -0.347 e. The molecule has 0 aliphatic carbocycles. The third kappa shape index (κ3) is 3.53. The van der Waals surface area contributed by atoms with Gasteiger partial charge in [0.05, 0.1) is 21.8 Å². The largest absolute Gasteiger partial charge is 0.347 e. The first-order valence-corrected chi connectivity index (χ1v) is 9.12. The Bertz CT molecular complexity index is 633. The standard InChI is InChI=1S/C14H16BrClN4OS/c15-13-2-1-10(22-13)7-19-3-4-20(14(21)5-16)8-12(19)11-6-17-9-18-11/h1-2,6,9,12H,3-5,7-8H2,(H,17,18). The summed E-state index contributed by atoms with van der Waals surface area (Å²) in [6.45, 7) is 3.04.